The monoisotopic (exact) mass is 304 g/mol. The molecule has 0 aromatic heterocycles. The number of hydrogen-bond donors (Lipinski definition) is 1. The van der Waals surface area contributed by atoms with Crippen LogP contribution in [0, 0.1) is 0 Å². The van der Waals surface area contributed by atoms with Gasteiger partial charge in [0, 0.05) is 4.47 Å². The van der Waals surface area contributed by atoms with Gasteiger partial charge in [0.05, 0.1) is 12.3 Å². The zero-order chi connectivity index (χ0) is 12.0. The van der Waals surface area contributed by atoms with Crippen LogP contribution in [0.25, 0.3) is 0 Å². The van der Waals surface area contributed by atoms with Crippen molar-refractivity contribution in [1.82, 2.24) is 0 Å². The first kappa shape index (κ1) is 13.0. The van der Waals surface area contributed by atoms with E-state index in [9.17, 15) is 4.79 Å². The van der Waals surface area contributed by atoms with Crippen molar-refractivity contribution in [2.75, 3.05) is 12.0 Å². The van der Waals surface area contributed by atoms with E-state index in [4.69, 9.17) is 11.6 Å². The molecule has 0 atom stereocenters. The van der Waals surface area contributed by atoms with Crippen molar-refractivity contribution in [1.29, 1.82) is 0 Å². The topological polar surface area (TPSA) is 50.7 Å². The van der Waals surface area contributed by atoms with Gasteiger partial charge in [-0.25, -0.2) is 4.79 Å². The number of nitrogens with one attached hydrogen (secondary N) is 1. The SMILES string of the molecule is CCOC(=O)/C(Cl)=N\Nc1ccccc1Br. The number of para-hydroxylation sites is 1. The average Bonchev–Trinajstić information content (AvgIpc) is 2.28. The molecule has 0 saturated carbocycles. The number of esters is 1. The van der Waals surface area contributed by atoms with E-state index in [1.54, 1.807) is 13.0 Å². The first-order chi connectivity index (χ1) is 7.65. The standard InChI is InChI=1S/C10H10BrClN2O2/c1-2-16-10(15)9(12)14-13-8-6-4-3-5-7(8)11/h3-6,13H,2H2,1H3/b14-9+. The number of carbonyl (C=O) groups is 1. The minimum atomic E-state index is -0.649. The number of anilines is 1. The number of halogens is 2. The maximum absolute atomic E-state index is 11.1. The normalized spacial score (nSPS) is 11.1. The third-order valence-corrected chi connectivity index (χ3v) is 2.52. The van der Waals surface area contributed by atoms with Gasteiger partial charge in [-0.1, -0.05) is 23.7 Å². The molecule has 0 amide bonds. The molecule has 1 rings (SSSR count). The van der Waals surface area contributed by atoms with E-state index >= 15 is 0 Å². The maximum Gasteiger partial charge on any atom is 0.370 e. The molecule has 0 unspecified atom stereocenters. The van der Waals surface area contributed by atoms with Gasteiger partial charge in [-0.2, -0.15) is 5.10 Å². The van der Waals surface area contributed by atoms with Crippen LogP contribution in [0.1, 0.15) is 6.92 Å². The minimum Gasteiger partial charge on any atom is -0.461 e. The molecule has 0 saturated heterocycles. The molecule has 0 spiro atoms. The first-order valence-corrected chi connectivity index (χ1v) is 5.73. The van der Waals surface area contributed by atoms with Crippen LogP contribution < -0.4 is 5.43 Å². The van der Waals surface area contributed by atoms with Crippen molar-refractivity contribution in [3.63, 3.8) is 0 Å². The summed E-state index contributed by atoms with van der Waals surface area (Å²) in [5.41, 5.74) is 3.37. The summed E-state index contributed by atoms with van der Waals surface area (Å²) in [7, 11) is 0. The van der Waals surface area contributed by atoms with E-state index in [1.807, 2.05) is 18.2 Å². The molecule has 0 radical (unpaired) electrons. The smallest absolute Gasteiger partial charge is 0.370 e. The van der Waals surface area contributed by atoms with Crippen molar-refractivity contribution < 1.29 is 9.53 Å². The fourth-order valence-electron chi connectivity index (χ4n) is 0.897. The second kappa shape index (κ2) is 6.50. The van der Waals surface area contributed by atoms with E-state index in [-0.39, 0.29) is 11.8 Å². The summed E-state index contributed by atoms with van der Waals surface area (Å²) in [6.07, 6.45) is 0. The van der Waals surface area contributed by atoms with Crippen LogP contribution in [0.3, 0.4) is 0 Å². The van der Waals surface area contributed by atoms with E-state index in [0.29, 0.717) is 5.69 Å². The summed E-state index contributed by atoms with van der Waals surface area (Å²) >= 11 is 8.93. The Labute approximate surface area is 107 Å². The number of carbonyl (C=O) groups excluding carboxylic acids is 1. The highest BCUT2D eigenvalue weighted by molar-refractivity contribution is 9.10. The largest absolute Gasteiger partial charge is 0.461 e. The molecule has 0 fully saturated rings. The van der Waals surface area contributed by atoms with Crippen molar-refractivity contribution in [3.8, 4) is 0 Å². The van der Waals surface area contributed by atoms with Gasteiger partial charge in [0.25, 0.3) is 0 Å². The van der Waals surface area contributed by atoms with Gasteiger partial charge in [-0.15, -0.1) is 0 Å². The lowest BCUT2D eigenvalue weighted by molar-refractivity contribution is -0.134. The number of hydrogen-bond acceptors (Lipinski definition) is 4. The molecule has 4 nitrogen and oxygen atoms in total. The summed E-state index contributed by atoms with van der Waals surface area (Å²) in [5.74, 6) is -0.649. The Morgan fingerprint density at radius 2 is 2.25 bits per heavy atom. The fourth-order valence-corrected chi connectivity index (χ4v) is 1.37. The number of rotatable bonds is 4. The summed E-state index contributed by atoms with van der Waals surface area (Å²) < 4.78 is 5.49. The van der Waals surface area contributed by atoms with Crippen LogP contribution in [0.5, 0.6) is 0 Å². The number of hydrazone groups is 1. The zero-order valence-corrected chi connectivity index (χ0v) is 10.9. The quantitative estimate of drug-likeness (QED) is 0.528. The minimum absolute atomic E-state index is 0.238. The Morgan fingerprint density at radius 3 is 2.88 bits per heavy atom. The molecule has 1 N–H and O–H groups in total. The number of benzene rings is 1. The first-order valence-electron chi connectivity index (χ1n) is 4.56. The second-order valence-corrected chi connectivity index (χ2v) is 3.93. The number of ether oxygens (including phenoxy) is 1. The summed E-state index contributed by atoms with van der Waals surface area (Å²) in [4.78, 5) is 11.1. The van der Waals surface area contributed by atoms with Crippen LogP contribution in [-0.4, -0.2) is 17.7 Å². The Morgan fingerprint density at radius 1 is 1.56 bits per heavy atom. The Kier molecular flexibility index (Phi) is 5.28. The van der Waals surface area contributed by atoms with Gasteiger partial charge in [-0.3, -0.25) is 5.43 Å². The molecule has 0 aliphatic carbocycles. The highest BCUT2D eigenvalue weighted by atomic mass is 79.9. The Balaban J connectivity index is 2.66. The fraction of sp³-hybridized carbons (Fsp3) is 0.200. The van der Waals surface area contributed by atoms with Crippen molar-refractivity contribution >= 4 is 44.4 Å². The van der Waals surface area contributed by atoms with E-state index in [2.05, 4.69) is 31.2 Å². The van der Waals surface area contributed by atoms with E-state index in [0.717, 1.165) is 4.47 Å². The Bertz CT molecular complexity index is 410. The molecule has 0 aliphatic heterocycles. The molecule has 16 heavy (non-hydrogen) atoms. The predicted molar refractivity (Wildman–Crippen MR) is 67.7 cm³/mol. The van der Waals surface area contributed by atoms with Gasteiger partial charge in [0.1, 0.15) is 0 Å². The van der Waals surface area contributed by atoms with Crippen molar-refractivity contribution in [3.05, 3.63) is 28.7 Å². The molecule has 6 heteroatoms. The molecular formula is C10H10BrClN2O2. The maximum atomic E-state index is 11.1. The van der Waals surface area contributed by atoms with Crippen LogP contribution in [0.4, 0.5) is 5.69 Å². The van der Waals surface area contributed by atoms with Crippen molar-refractivity contribution in [2.45, 2.75) is 6.92 Å². The molecule has 0 aliphatic rings. The summed E-state index contributed by atoms with van der Waals surface area (Å²) in [6.45, 7) is 1.96. The lowest BCUT2D eigenvalue weighted by Crippen LogP contribution is -2.13. The van der Waals surface area contributed by atoms with Gasteiger partial charge in [0.2, 0.25) is 5.17 Å². The van der Waals surface area contributed by atoms with Crippen LogP contribution in [-0.2, 0) is 9.53 Å². The lowest BCUT2D eigenvalue weighted by Gasteiger charge is -2.03. The summed E-state index contributed by atoms with van der Waals surface area (Å²) in [5, 5.41) is 3.46. The van der Waals surface area contributed by atoms with Crippen molar-refractivity contribution in [2.24, 2.45) is 5.10 Å². The molecule has 1 aromatic rings. The third-order valence-electron chi connectivity index (χ3n) is 1.59. The van der Waals surface area contributed by atoms with Gasteiger partial charge < -0.3 is 4.74 Å². The molecular weight excluding hydrogens is 295 g/mol. The molecule has 0 bridgehead atoms. The highest BCUT2D eigenvalue weighted by Gasteiger charge is 2.08. The lowest BCUT2D eigenvalue weighted by atomic mass is 10.3. The number of nitrogens with zero attached hydrogens (tertiary/aromatic N) is 1. The van der Waals surface area contributed by atoms with E-state index < -0.39 is 5.97 Å². The molecule has 1 aromatic carbocycles. The average molecular weight is 306 g/mol. The van der Waals surface area contributed by atoms with Crippen LogP contribution in [0.15, 0.2) is 33.8 Å². The summed E-state index contributed by atoms with van der Waals surface area (Å²) in [6, 6.07) is 7.34. The molecule has 86 valence electrons. The predicted octanol–water partition coefficient (Wildman–Crippen LogP) is 2.98. The molecule has 0 heterocycles. The third kappa shape index (κ3) is 3.83. The van der Waals surface area contributed by atoms with Gasteiger partial charge in [-0.05, 0) is 35.0 Å². The Hall–Kier alpha value is -1.07. The highest BCUT2D eigenvalue weighted by Crippen LogP contribution is 2.21. The van der Waals surface area contributed by atoms with Crippen LogP contribution in [0.2, 0.25) is 0 Å². The second-order valence-electron chi connectivity index (χ2n) is 2.71. The van der Waals surface area contributed by atoms with Crippen LogP contribution >= 0.6 is 27.5 Å². The van der Waals surface area contributed by atoms with Gasteiger partial charge in [0.15, 0.2) is 0 Å². The zero-order valence-electron chi connectivity index (χ0n) is 8.54. The van der Waals surface area contributed by atoms with Gasteiger partial charge >= 0.3 is 5.97 Å². The van der Waals surface area contributed by atoms with E-state index in [1.165, 1.54) is 0 Å².